The molecule has 0 aliphatic rings. The van der Waals surface area contributed by atoms with E-state index in [-0.39, 0.29) is 12.5 Å². The zero-order valence-electron chi connectivity index (χ0n) is 16.1. The Kier molecular flexibility index (Phi) is 6.78. The van der Waals surface area contributed by atoms with Crippen LogP contribution >= 0.6 is 11.3 Å². The summed E-state index contributed by atoms with van der Waals surface area (Å²) in [6.45, 7) is -1.41. The molecule has 2 aromatic carbocycles. The minimum absolute atomic E-state index is 0.203. The van der Waals surface area contributed by atoms with E-state index in [9.17, 15) is 18.0 Å². The molecule has 0 aliphatic carbocycles. The number of halogens is 3. The van der Waals surface area contributed by atoms with Crippen LogP contribution in [-0.2, 0) is 11.3 Å². The molecule has 10 heteroatoms. The Bertz CT molecular complexity index is 1010. The lowest BCUT2D eigenvalue weighted by molar-refractivity contribution is -0.115. The zero-order valence-corrected chi connectivity index (χ0v) is 16.9. The maximum Gasteiger partial charge on any atom is 0.387 e. The molecule has 0 saturated heterocycles. The molecule has 0 aliphatic heterocycles. The third-order valence-electron chi connectivity index (χ3n) is 4.00. The first-order valence-electron chi connectivity index (χ1n) is 8.74. The molecule has 0 saturated carbocycles. The van der Waals surface area contributed by atoms with Crippen molar-refractivity contribution in [3.63, 3.8) is 0 Å². The van der Waals surface area contributed by atoms with Crippen molar-refractivity contribution < 1.29 is 27.4 Å². The Morgan fingerprint density at radius 2 is 1.97 bits per heavy atom. The second-order valence-electron chi connectivity index (χ2n) is 6.05. The van der Waals surface area contributed by atoms with E-state index in [4.69, 9.17) is 4.74 Å². The van der Waals surface area contributed by atoms with Crippen molar-refractivity contribution in [2.45, 2.75) is 20.1 Å². The van der Waals surface area contributed by atoms with E-state index in [1.807, 2.05) is 0 Å². The van der Waals surface area contributed by atoms with E-state index in [1.165, 1.54) is 29.2 Å². The number of rotatable bonds is 8. The topological polar surface area (TPSA) is 63.7 Å². The van der Waals surface area contributed by atoms with Gasteiger partial charge in [-0.3, -0.25) is 9.69 Å². The number of carbonyl (C=O) groups is 1. The molecular formula is C20H18F3N3O3S. The number of ether oxygens (including phenoxy) is 2. The number of carbonyl (C=O) groups excluding carboxylic acids is 1. The first-order valence-corrected chi connectivity index (χ1v) is 9.62. The molecule has 0 unspecified atom stereocenters. The monoisotopic (exact) mass is 437 g/mol. The quantitative estimate of drug-likeness (QED) is 0.526. The molecule has 30 heavy (non-hydrogen) atoms. The number of aromatic nitrogens is 1. The third kappa shape index (κ3) is 5.20. The summed E-state index contributed by atoms with van der Waals surface area (Å²) in [4.78, 5) is 18.1. The van der Waals surface area contributed by atoms with Gasteiger partial charge in [0.05, 0.1) is 25.0 Å². The smallest absolute Gasteiger partial charge is 0.387 e. The Balaban J connectivity index is 1.70. The number of amides is 1. The molecule has 1 N–H and O–H groups in total. The van der Waals surface area contributed by atoms with Crippen molar-refractivity contribution in [1.82, 2.24) is 4.98 Å². The predicted molar refractivity (Wildman–Crippen MR) is 108 cm³/mol. The van der Waals surface area contributed by atoms with Gasteiger partial charge in [-0.15, -0.1) is 11.3 Å². The average Bonchev–Trinajstić information content (AvgIpc) is 3.17. The van der Waals surface area contributed by atoms with Crippen molar-refractivity contribution in [3.05, 3.63) is 59.4 Å². The van der Waals surface area contributed by atoms with Gasteiger partial charge in [-0.2, -0.15) is 8.78 Å². The average molecular weight is 437 g/mol. The Hall–Kier alpha value is -3.27. The van der Waals surface area contributed by atoms with Crippen LogP contribution in [-0.4, -0.2) is 24.6 Å². The van der Waals surface area contributed by atoms with Crippen LogP contribution in [0.25, 0.3) is 0 Å². The summed E-state index contributed by atoms with van der Waals surface area (Å²) in [5.41, 5.74) is 1.65. The fourth-order valence-electron chi connectivity index (χ4n) is 2.63. The van der Waals surface area contributed by atoms with Crippen molar-refractivity contribution in [3.8, 4) is 11.5 Å². The fourth-order valence-corrected chi connectivity index (χ4v) is 3.52. The first kappa shape index (κ1) is 21.4. The molecule has 0 fully saturated rings. The molecule has 3 rings (SSSR count). The van der Waals surface area contributed by atoms with Gasteiger partial charge in [0.15, 0.2) is 16.7 Å². The van der Waals surface area contributed by atoms with Crippen molar-refractivity contribution >= 4 is 33.8 Å². The van der Waals surface area contributed by atoms with E-state index in [1.54, 1.807) is 36.8 Å². The molecule has 158 valence electrons. The second-order valence-corrected chi connectivity index (χ2v) is 6.89. The van der Waals surface area contributed by atoms with Gasteiger partial charge in [-0.1, -0.05) is 0 Å². The summed E-state index contributed by atoms with van der Waals surface area (Å²) in [7, 11) is 1.56. The second kappa shape index (κ2) is 9.49. The number of nitrogens with one attached hydrogen (secondary N) is 1. The van der Waals surface area contributed by atoms with E-state index in [2.05, 4.69) is 15.0 Å². The number of hydrogen-bond acceptors (Lipinski definition) is 6. The number of methoxy groups -OCH3 is 1. The molecule has 1 aromatic heterocycles. The minimum Gasteiger partial charge on any atom is -0.497 e. The highest BCUT2D eigenvalue weighted by Crippen LogP contribution is 2.30. The van der Waals surface area contributed by atoms with Gasteiger partial charge in [0.2, 0.25) is 5.91 Å². The maximum absolute atomic E-state index is 13.8. The van der Waals surface area contributed by atoms with E-state index in [0.29, 0.717) is 27.9 Å². The number of nitrogens with zero attached hydrogens (tertiary/aromatic N) is 2. The summed E-state index contributed by atoms with van der Waals surface area (Å²) in [6.07, 6.45) is 0. The summed E-state index contributed by atoms with van der Waals surface area (Å²) >= 11 is 1.28. The van der Waals surface area contributed by atoms with E-state index < -0.39 is 18.2 Å². The van der Waals surface area contributed by atoms with Gasteiger partial charge in [-0.25, -0.2) is 9.37 Å². The summed E-state index contributed by atoms with van der Waals surface area (Å²) in [5, 5.41) is 5.21. The van der Waals surface area contributed by atoms with Gasteiger partial charge in [0.1, 0.15) is 5.75 Å². The standard InChI is InChI=1S/C20H18F3N3O3S/c1-12(27)26(15-4-6-16(28-2)7-5-15)20-25-14(11-30-20)10-24-13-3-8-18(17(21)9-13)29-19(22)23/h3-9,11,19,24H,10H2,1-2H3. The predicted octanol–water partition coefficient (Wildman–Crippen LogP) is 5.19. The number of hydrogen-bond donors (Lipinski definition) is 1. The van der Waals surface area contributed by atoms with Crippen LogP contribution < -0.4 is 19.7 Å². The Morgan fingerprint density at radius 1 is 1.23 bits per heavy atom. The van der Waals surface area contributed by atoms with Crippen molar-refractivity contribution in [2.24, 2.45) is 0 Å². The molecule has 0 atom stereocenters. The van der Waals surface area contributed by atoms with Crippen LogP contribution in [0.2, 0.25) is 0 Å². The first-order chi connectivity index (χ1) is 14.4. The van der Waals surface area contributed by atoms with Crippen LogP contribution in [0.4, 0.5) is 29.7 Å². The SMILES string of the molecule is COc1ccc(N(C(C)=O)c2nc(CNc3ccc(OC(F)F)c(F)c3)cs2)cc1. The summed E-state index contributed by atoms with van der Waals surface area (Å²) in [5.74, 6) is -0.959. The van der Waals surface area contributed by atoms with E-state index in [0.717, 1.165) is 12.1 Å². The van der Waals surface area contributed by atoms with Crippen LogP contribution in [0, 0.1) is 5.82 Å². The van der Waals surface area contributed by atoms with Crippen LogP contribution in [0.5, 0.6) is 11.5 Å². The van der Waals surface area contributed by atoms with Gasteiger partial charge in [0, 0.05) is 24.1 Å². The Morgan fingerprint density at radius 3 is 2.57 bits per heavy atom. The molecule has 1 amide bonds. The molecule has 0 radical (unpaired) electrons. The van der Waals surface area contributed by atoms with Crippen LogP contribution in [0.3, 0.4) is 0 Å². The maximum atomic E-state index is 13.8. The number of anilines is 3. The third-order valence-corrected chi connectivity index (χ3v) is 4.87. The van der Waals surface area contributed by atoms with Gasteiger partial charge in [-0.05, 0) is 36.4 Å². The minimum atomic E-state index is -3.10. The molecule has 0 bridgehead atoms. The number of benzene rings is 2. The number of alkyl halides is 2. The van der Waals surface area contributed by atoms with Gasteiger partial charge >= 0.3 is 6.61 Å². The summed E-state index contributed by atoms with van der Waals surface area (Å²) < 4.78 is 47.4. The molecule has 3 aromatic rings. The van der Waals surface area contributed by atoms with Crippen molar-refractivity contribution in [2.75, 3.05) is 17.3 Å². The van der Waals surface area contributed by atoms with Crippen LogP contribution in [0.15, 0.2) is 47.8 Å². The van der Waals surface area contributed by atoms with E-state index >= 15 is 0 Å². The number of thiazole rings is 1. The van der Waals surface area contributed by atoms with Gasteiger partial charge in [0.25, 0.3) is 0 Å². The molecule has 0 spiro atoms. The van der Waals surface area contributed by atoms with Crippen molar-refractivity contribution in [1.29, 1.82) is 0 Å². The Labute approximate surface area is 174 Å². The lowest BCUT2D eigenvalue weighted by atomic mass is 10.3. The van der Waals surface area contributed by atoms with Crippen LogP contribution in [0.1, 0.15) is 12.6 Å². The highest BCUT2D eigenvalue weighted by molar-refractivity contribution is 7.14. The normalized spacial score (nSPS) is 10.7. The highest BCUT2D eigenvalue weighted by Gasteiger charge is 2.18. The highest BCUT2D eigenvalue weighted by atomic mass is 32.1. The molecule has 1 heterocycles. The fraction of sp³-hybridized carbons (Fsp3) is 0.200. The lowest BCUT2D eigenvalue weighted by Gasteiger charge is -2.18. The zero-order chi connectivity index (χ0) is 21.7. The largest absolute Gasteiger partial charge is 0.497 e. The molecular weight excluding hydrogens is 419 g/mol. The van der Waals surface area contributed by atoms with Gasteiger partial charge < -0.3 is 14.8 Å². The summed E-state index contributed by atoms with van der Waals surface area (Å²) in [6, 6.07) is 10.6. The lowest BCUT2D eigenvalue weighted by Crippen LogP contribution is -2.22. The molecule has 6 nitrogen and oxygen atoms in total.